The number of amides is 4. The average Bonchev–Trinajstić information content (AvgIpc) is 2.89. The van der Waals surface area contributed by atoms with E-state index in [0.29, 0.717) is 37.3 Å². The zero-order valence-electron chi connectivity index (χ0n) is 16.9. The van der Waals surface area contributed by atoms with Crippen molar-refractivity contribution in [2.45, 2.75) is 49.0 Å². The van der Waals surface area contributed by atoms with Gasteiger partial charge >= 0.3 is 6.03 Å². The summed E-state index contributed by atoms with van der Waals surface area (Å²) in [6.45, 7) is 1.27. The van der Waals surface area contributed by atoms with Crippen molar-refractivity contribution >= 4 is 39.4 Å². The van der Waals surface area contributed by atoms with Crippen molar-refractivity contribution in [2.75, 3.05) is 24.5 Å². The molecule has 10 nitrogen and oxygen atoms in total. The summed E-state index contributed by atoms with van der Waals surface area (Å²) in [5, 5.41) is 4.91. The van der Waals surface area contributed by atoms with Crippen LogP contribution < -0.4 is 15.5 Å². The van der Waals surface area contributed by atoms with E-state index in [0.717, 1.165) is 19.3 Å². The van der Waals surface area contributed by atoms with Gasteiger partial charge in [0, 0.05) is 31.6 Å². The molecule has 0 bridgehead atoms. The summed E-state index contributed by atoms with van der Waals surface area (Å²) in [4.78, 5) is 40.3. The summed E-state index contributed by atoms with van der Waals surface area (Å²) in [7, 11) is -3.87. The van der Waals surface area contributed by atoms with E-state index < -0.39 is 21.6 Å². The summed E-state index contributed by atoms with van der Waals surface area (Å²) >= 11 is 0. The first-order valence-corrected chi connectivity index (χ1v) is 11.9. The standard InChI is InChI=1S/C20H23N5O5S/c26-17(24-10-7-20(8-11-24)18(27)21-19(28)22-20)13-5-6-14-15(12-13)31(29,30)23-16-4-2-1-3-9-25(14)16/h5-6,12H,1-4,7-11H2,(H2,21,22,27,28). The Labute approximate surface area is 179 Å². The number of piperidine rings is 1. The van der Waals surface area contributed by atoms with E-state index in [9.17, 15) is 22.8 Å². The van der Waals surface area contributed by atoms with Gasteiger partial charge in [0.1, 0.15) is 16.3 Å². The number of amidine groups is 1. The van der Waals surface area contributed by atoms with Gasteiger partial charge < -0.3 is 15.1 Å². The summed E-state index contributed by atoms with van der Waals surface area (Å²) in [5.41, 5.74) is -0.122. The van der Waals surface area contributed by atoms with Gasteiger partial charge in [0.2, 0.25) is 0 Å². The second-order valence-corrected chi connectivity index (χ2v) is 9.98. The Kier molecular flexibility index (Phi) is 4.54. The summed E-state index contributed by atoms with van der Waals surface area (Å²) < 4.78 is 29.6. The SMILES string of the molecule is O=C1NC(=O)C2(CCN(C(=O)c3ccc4c(c3)S(=O)(=O)N=C3CCCCCN34)CC2)N1. The molecule has 3 saturated heterocycles. The average molecular weight is 446 g/mol. The zero-order chi connectivity index (χ0) is 21.8. The molecule has 3 fully saturated rings. The van der Waals surface area contributed by atoms with Crippen LogP contribution in [0.2, 0.25) is 0 Å². The van der Waals surface area contributed by atoms with Gasteiger partial charge in [-0.3, -0.25) is 14.9 Å². The number of carbonyl (C=O) groups is 3. The molecule has 164 valence electrons. The van der Waals surface area contributed by atoms with E-state index in [-0.39, 0.29) is 35.4 Å². The molecule has 4 amide bonds. The number of nitrogens with zero attached hydrogens (tertiary/aromatic N) is 3. The molecule has 0 aliphatic carbocycles. The number of hydrogen-bond acceptors (Lipinski definition) is 6. The normalized spacial score (nSPS) is 23.9. The number of hydrogen-bond donors (Lipinski definition) is 2. The van der Waals surface area contributed by atoms with E-state index in [1.807, 2.05) is 4.90 Å². The molecule has 1 spiro atoms. The van der Waals surface area contributed by atoms with Crippen molar-refractivity contribution in [1.82, 2.24) is 15.5 Å². The van der Waals surface area contributed by atoms with Gasteiger partial charge in [-0.2, -0.15) is 8.42 Å². The molecule has 2 N–H and O–H groups in total. The third kappa shape index (κ3) is 3.27. The molecule has 31 heavy (non-hydrogen) atoms. The van der Waals surface area contributed by atoms with Gasteiger partial charge in [-0.05, 0) is 43.9 Å². The van der Waals surface area contributed by atoms with E-state index in [1.54, 1.807) is 17.0 Å². The Balaban J connectivity index is 1.39. The van der Waals surface area contributed by atoms with E-state index in [1.165, 1.54) is 6.07 Å². The second-order valence-electron chi connectivity index (χ2n) is 8.41. The molecule has 4 heterocycles. The van der Waals surface area contributed by atoms with Crippen molar-refractivity contribution < 1.29 is 22.8 Å². The topological polar surface area (TPSA) is 128 Å². The maximum Gasteiger partial charge on any atom is 0.322 e. The lowest BCUT2D eigenvalue weighted by Crippen LogP contribution is -2.55. The van der Waals surface area contributed by atoms with Crippen molar-refractivity contribution in [3.8, 4) is 0 Å². The number of likely N-dealkylation sites (tertiary alicyclic amines) is 1. The maximum absolute atomic E-state index is 13.1. The molecule has 11 heteroatoms. The highest BCUT2D eigenvalue weighted by Gasteiger charge is 2.48. The highest BCUT2D eigenvalue weighted by atomic mass is 32.2. The number of benzene rings is 1. The molecule has 1 aromatic rings. The lowest BCUT2D eigenvalue weighted by molar-refractivity contribution is -0.125. The minimum Gasteiger partial charge on any atom is -0.338 e. The summed E-state index contributed by atoms with van der Waals surface area (Å²) in [6.07, 6.45) is 4.13. The molecular weight excluding hydrogens is 422 g/mol. The van der Waals surface area contributed by atoms with Crippen LogP contribution in [-0.2, 0) is 14.8 Å². The van der Waals surface area contributed by atoms with Crippen molar-refractivity contribution in [3.63, 3.8) is 0 Å². The first-order chi connectivity index (χ1) is 14.8. The minimum absolute atomic E-state index is 0.0555. The predicted molar refractivity (Wildman–Crippen MR) is 111 cm³/mol. The molecule has 0 saturated carbocycles. The second kappa shape index (κ2) is 7.04. The van der Waals surface area contributed by atoms with Gasteiger partial charge in [-0.15, -0.1) is 4.40 Å². The summed E-state index contributed by atoms with van der Waals surface area (Å²) in [6, 6.07) is 4.24. The Bertz CT molecular complexity index is 1120. The monoisotopic (exact) mass is 445 g/mol. The lowest BCUT2D eigenvalue weighted by Gasteiger charge is -2.37. The van der Waals surface area contributed by atoms with Crippen molar-refractivity contribution in [1.29, 1.82) is 0 Å². The van der Waals surface area contributed by atoms with Crippen LogP contribution in [0.3, 0.4) is 0 Å². The van der Waals surface area contributed by atoms with Crippen LogP contribution in [-0.4, -0.2) is 62.2 Å². The van der Waals surface area contributed by atoms with Crippen molar-refractivity contribution in [3.05, 3.63) is 23.8 Å². The van der Waals surface area contributed by atoms with Crippen LogP contribution in [0.25, 0.3) is 0 Å². The highest BCUT2D eigenvalue weighted by molar-refractivity contribution is 7.90. The molecule has 4 aliphatic rings. The van der Waals surface area contributed by atoms with Gasteiger partial charge in [-0.25, -0.2) is 4.79 Å². The van der Waals surface area contributed by atoms with E-state index in [2.05, 4.69) is 15.0 Å². The third-order valence-corrected chi connectivity index (χ3v) is 7.85. The number of sulfonamides is 1. The Morgan fingerprint density at radius 3 is 2.55 bits per heavy atom. The van der Waals surface area contributed by atoms with Crippen LogP contribution >= 0.6 is 0 Å². The molecule has 0 unspecified atom stereocenters. The molecule has 4 aliphatic heterocycles. The largest absolute Gasteiger partial charge is 0.338 e. The fourth-order valence-electron chi connectivity index (χ4n) is 4.77. The predicted octanol–water partition coefficient (Wildman–Crippen LogP) is 0.982. The maximum atomic E-state index is 13.1. The number of anilines is 1. The van der Waals surface area contributed by atoms with Gasteiger partial charge in [0.25, 0.3) is 21.8 Å². The Hall–Kier alpha value is -2.95. The van der Waals surface area contributed by atoms with Crippen LogP contribution in [0.4, 0.5) is 10.5 Å². The fourth-order valence-corrected chi connectivity index (χ4v) is 6.05. The van der Waals surface area contributed by atoms with Gasteiger partial charge in [0.05, 0.1) is 5.69 Å². The number of fused-ring (bicyclic) bond motifs is 3. The molecule has 0 atom stereocenters. The Morgan fingerprint density at radius 2 is 1.84 bits per heavy atom. The Morgan fingerprint density at radius 1 is 1.06 bits per heavy atom. The van der Waals surface area contributed by atoms with E-state index >= 15 is 0 Å². The first kappa shape index (κ1) is 20.0. The molecular formula is C20H23N5O5S. The minimum atomic E-state index is -3.87. The van der Waals surface area contributed by atoms with Crippen molar-refractivity contribution in [2.24, 2.45) is 4.40 Å². The van der Waals surface area contributed by atoms with Crippen LogP contribution in [0.1, 0.15) is 48.9 Å². The zero-order valence-corrected chi connectivity index (χ0v) is 17.7. The summed E-state index contributed by atoms with van der Waals surface area (Å²) in [5.74, 6) is -0.0962. The smallest absolute Gasteiger partial charge is 0.322 e. The van der Waals surface area contributed by atoms with Crippen LogP contribution in [0.5, 0.6) is 0 Å². The van der Waals surface area contributed by atoms with Gasteiger partial charge in [0.15, 0.2) is 0 Å². The number of rotatable bonds is 1. The van der Waals surface area contributed by atoms with Crippen LogP contribution in [0.15, 0.2) is 27.5 Å². The molecule has 0 radical (unpaired) electrons. The molecule has 5 rings (SSSR count). The quantitative estimate of drug-likeness (QED) is 0.620. The molecule has 1 aromatic carbocycles. The highest BCUT2D eigenvalue weighted by Crippen LogP contribution is 2.35. The number of urea groups is 1. The van der Waals surface area contributed by atoms with E-state index in [4.69, 9.17) is 0 Å². The number of imide groups is 1. The number of carbonyl (C=O) groups excluding carboxylic acids is 3. The molecule has 0 aromatic heterocycles. The van der Waals surface area contributed by atoms with Crippen LogP contribution in [0, 0.1) is 0 Å². The fraction of sp³-hybridized carbons (Fsp3) is 0.500. The lowest BCUT2D eigenvalue weighted by atomic mass is 9.87. The third-order valence-electron chi connectivity index (χ3n) is 6.51. The van der Waals surface area contributed by atoms with Gasteiger partial charge in [-0.1, -0.05) is 6.42 Å². The first-order valence-electron chi connectivity index (χ1n) is 10.5. The number of nitrogens with one attached hydrogen (secondary N) is 2.